The first-order valence-electron chi connectivity index (χ1n) is 5.92. The molecule has 0 spiro atoms. The number of halogens is 1. The third-order valence-corrected chi connectivity index (χ3v) is 3.81. The highest BCUT2D eigenvalue weighted by Gasteiger charge is 2.17. The lowest BCUT2D eigenvalue weighted by Gasteiger charge is -2.13. The van der Waals surface area contributed by atoms with Crippen LogP contribution in [0, 0.1) is 11.7 Å². The maximum Gasteiger partial charge on any atom is 0.240 e. The number of nitrogens with one attached hydrogen (secondary N) is 1. The fourth-order valence-electron chi connectivity index (χ4n) is 1.71. The molecular weight excluding hydrogens is 271 g/mol. The van der Waals surface area contributed by atoms with Crippen molar-refractivity contribution in [2.75, 3.05) is 5.32 Å². The summed E-state index contributed by atoms with van der Waals surface area (Å²) in [7, 11) is -4.09. The number of amides is 1. The van der Waals surface area contributed by atoms with Crippen molar-refractivity contribution in [3.05, 3.63) is 24.0 Å². The maximum atomic E-state index is 13.6. The SMILES string of the molecule is CCC(CC)C(=O)Nc1ccc(S(N)(=O)=O)c(F)c1. The van der Waals surface area contributed by atoms with Gasteiger partial charge in [-0.2, -0.15) is 0 Å². The molecule has 0 aliphatic carbocycles. The van der Waals surface area contributed by atoms with Crippen molar-refractivity contribution in [1.29, 1.82) is 0 Å². The Labute approximate surface area is 112 Å². The lowest BCUT2D eigenvalue weighted by Crippen LogP contribution is -2.22. The first kappa shape index (κ1) is 15.6. The third-order valence-electron chi connectivity index (χ3n) is 2.86. The molecule has 0 radical (unpaired) electrons. The molecule has 0 fully saturated rings. The van der Waals surface area contributed by atoms with E-state index >= 15 is 0 Å². The van der Waals surface area contributed by atoms with Crippen molar-refractivity contribution in [3.63, 3.8) is 0 Å². The molecule has 0 aromatic heterocycles. The minimum Gasteiger partial charge on any atom is -0.326 e. The van der Waals surface area contributed by atoms with Crippen LogP contribution < -0.4 is 10.5 Å². The fourth-order valence-corrected chi connectivity index (χ4v) is 2.30. The van der Waals surface area contributed by atoms with E-state index in [0.29, 0.717) is 12.8 Å². The monoisotopic (exact) mass is 288 g/mol. The topological polar surface area (TPSA) is 89.3 Å². The molecule has 0 aliphatic heterocycles. The number of carbonyl (C=O) groups excluding carboxylic acids is 1. The molecule has 0 heterocycles. The Hall–Kier alpha value is -1.47. The van der Waals surface area contributed by atoms with Crippen LogP contribution in [0.15, 0.2) is 23.1 Å². The van der Waals surface area contributed by atoms with E-state index in [-0.39, 0.29) is 17.5 Å². The van der Waals surface area contributed by atoms with Gasteiger partial charge in [-0.3, -0.25) is 4.79 Å². The average Bonchev–Trinajstić information content (AvgIpc) is 2.28. The van der Waals surface area contributed by atoms with Gasteiger partial charge >= 0.3 is 0 Å². The van der Waals surface area contributed by atoms with E-state index in [9.17, 15) is 17.6 Å². The number of anilines is 1. The molecule has 7 heteroatoms. The maximum absolute atomic E-state index is 13.6. The Morgan fingerprint density at radius 2 is 1.95 bits per heavy atom. The third kappa shape index (κ3) is 4.00. The summed E-state index contributed by atoms with van der Waals surface area (Å²) < 4.78 is 35.6. The normalized spacial score (nSPS) is 11.6. The van der Waals surface area contributed by atoms with Crippen LogP contribution in [0.5, 0.6) is 0 Å². The number of nitrogens with two attached hydrogens (primary N) is 1. The number of primary sulfonamides is 1. The van der Waals surface area contributed by atoms with Crippen LogP contribution in [0.1, 0.15) is 26.7 Å². The molecule has 1 aromatic carbocycles. The number of hydrogen-bond donors (Lipinski definition) is 2. The summed E-state index contributed by atoms with van der Waals surface area (Å²) in [4.78, 5) is 11.2. The number of hydrogen-bond acceptors (Lipinski definition) is 3. The highest BCUT2D eigenvalue weighted by Crippen LogP contribution is 2.19. The van der Waals surface area contributed by atoms with Gasteiger partial charge in [0.2, 0.25) is 15.9 Å². The van der Waals surface area contributed by atoms with Crippen molar-refractivity contribution in [2.45, 2.75) is 31.6 Å². The van der Waals surface area contributed by atoms with Gasteiger partial charge < -0.3 is 5.32 Å². The van der Waals surface area contributed by atoms with E-state index in [1.165, 1.54) is 6.07 Å². The van der Waals surface area contributed by atoms with Crippen LogP contribution in [0.2, 0.25) is 0 Å². The highest BCUT2D eigenvalue weighted by molar-refractivity contribution is 7.89. The van der Waals surface area contributed by atoms with Crippen molar-refractivity contribution in [2.24, 2.45) is 11.1 Å². The van der Waals surface area contributed by atoms with Gasteiger partial charge in [-0.05, 0) is 31.0 Å². The average molecular weight is 288 g/mol. The lowest BCUT2D eigenvalue weighted by atomic mass is 10.0. The second kappa shape index (κ2) is 6.12. The van der Waals surface area contributed by atoms with Gasteiger partial charge in [0, 0.05) is 11.6 Å². The molecule has 0 aliphatic rings. The van der Waals surface area contributed by atoms with Crippen LogP contribution in [0.4, 0.5) is 10.1 Å². The predicted octanol–water partition coefficient (Wildman–Crippen LogP) is 1.85. The predicted molar refractivity (Wildman–Crippen MR) is 70.5 cm³/mol. The number of sulfonamides is 1. The van der Waals surface area contributed by atoms with Crippen molar-refractivity contribution < 1.29 is 17.6 Å². The Bertz CT molecular complexity index is 568. The zero-order valence-electron chi connectivity index (χ0n) is 10.8. The first-order valence-corrected chi connectivity index (χ1v) is 7.47. The molecular formula is C12H17FN2O3S. The van der Waals surface area contributed by atoms with E-state index in [1.807, 2.05) is 13.8 Å². The Balaban J connectivity index is 2.94. The molecule has 19 heavy (non-hydrogen) atoms. The van der Waals surface area contributed by atoms with E-state index in [1.54, 1.807) is 0 Å². The molecule has 106 valence electrons. The van der Waals surface area contributed by atoms with Crippen LogP contribution >= 0.6 is 0 Å². The summed E-state index contributed by atoms with van der Waals surface area (Å²) in [5, 5.41) is 7.39. The summed E-state index contributed by atoms with van der Waals surface area (Å²) in [5.74, 6) is -1.35. The van der Waals surface area contributed by atoms with Crippen LogP contribution in [-0.4, -0.2) is 14.3 Å². The second-order valence-corrected chi connectivity index (χ2v) is 5.72. The standard InChI is InChI=1S/C12H17FN2O3S/c1-3-8(4-2)12(16)15-9-5-6-11(10(13)7-9)19(14,17)18/h5-8H,3-4H2,1-2H3,(H,15,16)(H2,14,17,18). The molecule has 1 rings (SSSR count). The Kier molecular flexibility index (Phi) is 5.02. The molecule has 0 saturated carbocycles. The van der Waals surface area contributed by atoms with Gasteiger partial charge in [0.25, 0.3) is 0 Å². The molecule has 0 unspecified atom stereocenters. The van der Waals surface area contributed by atoms with Crippen LogP contribution in [-0.2, 0) is 14.8 Å². The number of carbonyl (C=O) groups is 1. The Morgan fingerprint density at radius 3 is 2.37 bits per heavy atom. The minimum absolute atomic E-state index is 0.152. The van der Waals surface area contributed by atoms with Crippen molar-refractivity contribution >= 4 is 21.6 Å². The van der Waals surface area contributed by atoms with E-state index < -0.39 is 20.7 Å². The molecule has 0 saturated heterocycles. The van der Waals surface area contributed by atoms with Gasteiger partial charge in [0.1, 0.15) is 10.7 Å². The van der Waals surface area contributed by atoms with Crippen LogP contribution in [0.3, 0.4) is 0 Å². The summed E-state index contributed by atoms with van der Waals surface area (Å²) in [6.45, 7) is 3.77. The van der Waals surface area contributed by atoms with Gasteiger partial charge in [0.05, 0.1) is 0 Å². The van der Waals surface area contributed by atoms with Crippen LogP contribution in [0.25, 0.3) is 0 Å². The number of rotatable bonds is 5. The molecule has 0 atom stereocenters. The number of benzene rings is 1. The van der Waals surface area contributed by atoms with Crippen molar-refractivity contribution in [3.8, 4) is 0 Å². The summed E-state index contributed by atoms with van der Waals surface area (Å²) >= 11 is 0. The van der Waals surface area contributed by atoms with E-state index in [0.717, 1.165) is 12.1 Å². The zero-order valence-corrected chi connectivity index (χ0v) is 11.6. The molecule has 3 N–H and O–H groups in total. The second-order valence-electron chi connectivity index (χ2n) is 4.19. The Morgan fingerprint density at radius 1 is 1.37 bits per heavy atom. The lowest BCUT2D eigenvalue weighted by molar-refractivity contribution is -0.120. The molecule has 1 aromatic rings. The van der Waals surface area contributed by atoms with Gasteiger partial charge in [0.15, 0.2) is 0 Å². The molecule has 1 amide bonds. The minimum atomic E-state index is -4.09. The fraction of sp³-hybridized carbons (Fsp3) is 0.417. The van der Waals surface area contributed by atoms with E-state index in [2.05, 4.69) is 5.32 Å². The first-order chi connectivity index (χ1) is 8.79. The van der Waals surface area contributed by atoms with E-state index in [4.69, 9.17) is 5.14 Å². The largest absolute Gasteiger partial charge is 0.326 e. The summed E-state index contributed by atoms with van der Waals surface area (Å²) in [6.07, 6.45) is 1.36. The van der Waals surface area contributed by atoms with Gasteiger partial charge in [-0.25, -0.2) is 17.9 Å². The highest BCUT2D eigenvalue weighted by atomic mass is 32.2. The quantitative estimate of drug-likeness (QED) is 0.866. The van der Waals surface area contributed by atoms with Gasteiger partial charge in [-0.15, -0.1) is 0 Å². The zero-order chi connectivity index (χ0) is 14.6. The summed E-state index contributed by atoms with van der Waals surface area (Å²) in [5.41, 5.74) is 0.210. The molecule has 0 bridgehead atoms. The molecule has 5 nitrogen and oxygen atoms in total. The smallest absolute Gasteiger partial charge is 0.240 e. The summed E-state index contributed by atoms with van der Waals surface area (Å²) in [6, 6.07) is 3.29. The van der Waals surface area contributed by atoms with Gasteiger partial charge in [-0.1, -0.05) is 13.8 Å². The van der Waals surface area contributed by atoms with Crippen molar-refractivity contribution in [1.82, 2.24) is 0 Å².